The monoisotopic (exact) mass is 380 g/mol. The molecule has 1 saturated heterocycles. The molecule has 10 heteroatoms. The van der Waals surface area contributed by atoms with Crippen LogP contribution < -0.4 is 4.90 Å². The lowest BCUT2D eigenvalue weighted by Gasteiger charge is -2.27. The highest BCUT2D eigenvalue weighted by molar-refractivity contribution is 7.17. The van der Waals surface area contributed by atoms with Crippen molar-refractivity contribution in [2.45, 2.75) is 31.4 Å². The van der Waals surface area contributed by atoms with E-state index in [-0.39, 0.29) is 0 Å². The molecule has 3 heterocycles. The second-order valence-corrected chi connectivity index (χ2v) is 6.77. The molecule has 1 fully saturated rings. The first-order valence-electron chi connectivity index (χ1n) is 7.51. The molecule has 25 heavy (non-hydrogen) atoms. The zero-order valence-corrected chi connectivity index (χ0v) is 13.6. The number of oxime groups is 1. The number of hydrogen-bond donors (Lipinski definition) is 0. The van der Waals surface area contributed by atoms with Crippen molar-refractivity contribution in [2.24, 2.45) is 5.16 Å². The Hall–Kier alpha value is -1.97. The van der Waals surface area contributed by atoms with Gasteiger partial charge < -0.3 is 9.74 Å². The molecule has 2 aliphatic rings. The lowest BCUT2D eigenvalue weighted by molar-refractivity contribution is -0.249. The SMILES string of the molecule is O=C1ON=C(C(F)(F)C(F)(F)F)/C1=C/c1ccc(N2CCCCC2)s1. The topological polar surface area (TPSA) is 41.9 Å². The fraction of sp³-hybridized carbons (Fsp3) is 0.467. The van der Waals surface area contributed by atoms with E-state index in [4.69, 9.17) is 0 Å². The molecule has 0 saturated carbocycles. The third-order valence-electron chi connectivity index (χ3n) is 3.92. The van der Waals surface area contributed by atoms with Crippen LogP contribution >= 0.6 is 11.3 Å². The highest BCUT2D eigenvalue weighted by Crippen LogP contribution is 2.41. The molecular weight excluding hydrogens is 367 g/mol. The summed E-state index contributed by atoms with van der Waals surface area (Å²) in [6, 6.07) is 3.32. The van der Waals surface area contributed by atoms with Crippen LogP contribution in [0.5, 0.6) is 0 Å². The lowest BCUT2D eigenvalue weighted by Crippen LogP contribution is -2.44. The van der Waals surface area contributed by atoms with Crippen LogP contribution in [0.15, 0.2) is 22.9 Å². The third-order valence-corrected chi connectivity index (χ3v) is 5.01. The molecule has 1 aromatic rings. The van der Waals surface area contributed by atoms with Crippen LogP contribution in [0.2, 0.25) is 0 Å². The average molecular weight is 380 g/mol. The molecule has 0 atom stereocenters. The molecule has 2 aliphatic heterocycles. The number of carbonyl (C=O) groups excluding carboxylic acids is 1. The van der Waals surface area contributed by atoms with Gasteiger partial charge in [0, 0.05) is 18.0 Å². The number of carbonyl (C=O) groups is 1. The minimum Gasteiger partial charge on any atom is -0.363 e. The number of thiophene rings is 1. The number of anilines is 1. The average Bonchev–Trinajstić information content (AvgIpc) is 3.16. The van der Waals surface area contributed by atoms with E-state index in [1.165, 1.54) is 11.3 Å². The smallest absolute Gasteiger partial charge is 0.363 e. The summed E-state index contributed by atoms with van der Waals surface area (Å²) in [5.74, 6) is -6.59. The Morgan fingerprint density at radius 2 is 1.80 bits per heavy atom. The van der Waals surface area contributed by atoms with Gasteiger partial charge >= 0.3 is 18.1 Å². The molecule has 0 unspecified atom stereocenters. The molecule has 0 aliphatic carbocycles. The second-order valence-electron chi connectivity index (χ2n) is 5.67. The van der Waals surface area contributed by atoms with Gasteiger partial charge in [0.1, 0.15) is 0 Å². The van der Waals surface area contributed by atoms with Gasteiger partial charge in [-0.05, 0) is 37.5 Å². The normalized spacial score (nSPS) is 20.8. The maximum absolute atomic E-state index is 13.5. The first-order valence-corrected chi connectivity index (χ1v) is 8.33. The molecular formula is C15H13F5N2O2S. The van der Waals surface area contributed by atoms with Crippen LogP contribution in [0, 0.1) is 0 Å². The summed E-state index contributed by atoms with van der Waals surface area (Å²) in [4.78, 5) is 18.1. The van der Waals surface area contributed by atoms with Gasteiger partial charge in [0.25, 0.3) is 0 Å². The molecule has 4 nitrogen and oxygen atoms in total. The summed E-state index contributed by atoms with van der Waals surface area (Å²) >= 11 is 1.21. The van der Waals surface area contributed by atoms with Crippen LogP contribution in [-0.4, -0.2) is 36.9 Å². The standard InChI is InChI=1S/C15H13F5N2O2S/c16-14(17,15(18,19)20)12-10(13(23)24-21-12)8-9-4-5-11(25-9)22-6-2-1-3-7-22/h4-5,8H,1-3,6-7H2/b10-8-. The molecule has 0 N–H and O–H groups in total. The van der Waals surface area contributed by atoms with E-state index < -0.39 is 29.4 Å². The minimum atomic E-state index is -5.87. The van der Waals surface area contributed by atoms with Gasteiger partial charge in [0.05, 0.1) is 10.6 Å². The Bertz CT molecular complexity index is 733. The van der Waals surface area contributed by atoms with Gasteiger partial charge in [-0.2, -0.15) is 22.0 Å². The summed E-state index contributed by atoms with van der Waals surface area (Å²) < 4.78 is 64.7. The van der Waals surface area contributed by atoms with E-state index in [0.717, 1.165) is 43.4 Å². The number of alkyl halides is 5. The van der Waals surface area contributed by atoms with E-state index in [9.17, 15) is 26.7 Å². The van der Waals surface area contributed by atoms with E-state index in [1.807, 2.05) is 0 Å². The van der Waals surface area contributed by atoms with Gasteiger partial charge in [0.15, 0.2) is 5.71 Å². The van der Waals surface area contributed by atoms with Crippen molar-refractivity contribution in [1.29, 1.82) is 0 Å². The first-order chi connectivity index (χ1) is 11.7. The molecule has 3 rings (SSSR count). The number of rotatable bonds is 3. The summed E-state index contributed by atoms with van der Waals surface area (Å²) in [5.41, 5.74) is -2.59. The number of halogens is 5. The van der Waals surface area contributed by atoms with Gasteiger partial charge in [-0.1, -0.05) is 5.16 Å². The van der Waals surface area contributed by atoms with E-state index in [2.05, 4.69) is 14.9 Å². The Labute approximate surface area is 143 Å². The molecule has 0 spiro atoms. The third kappa shape index (κ3) is 3.39. The predicted octanol–water partition coefficient (Wildman–Crippen LogP) is 4.23. The number of piperidine rings is 1. The molecule has 1 aromatic heterocycles. The van der Waals surface area contributed by atoms with Crippen molar-refractivity contribution >= 4 is 34.1 Å². The molecule has 0 amide bonds. The maximum atomic E-state index is 13.5. The zero-order valence-electron chi connectivity index (χ0n) is 12.8. The van der Waals surface area contributed by atoms with Gasteiger partial charge in [-0.15, -0.1) is 11.3 Å². The van der Waals surface area contributed by atoms with E-state index >= 15 is 0 Å². The Kier molecular flexibility index (Phi) is 4.56. The molecule has 0 bridgehead atoms. The fourth-order valence-corrected chi connectivity index (χ4v) is 3.62. The van der Waals surface area contributed by atoms with Crippen LogP contribution in [0.25, 0.3) is 6.08 Å². The summed E-state index contributed by atoms with van der Waals surface area (Å²) in [6.45, 7) is 1.72. The highest BCUT2D eigenvalue weighted by atomic mass is 32.1. The Balaban J connectivity index is 1.88. The number of hydrogen-bond acceptors (Lipinski definition) is 5. The maximum Gasteiger partial charge on any atom is 0.459 e. The van der Waals surface area contributed by atoms with Crippen molar-refractivity contribution < 1.29 is 31.6 Å². The largest absolute Gasteiger partial charge is 0.459 e. The van der Waals surface area contributed by atoms with Crippen LogP contribution in [0.1, 0.15) is 24.1 Å². The zero-order chi connectivity index (χ0) is 18.2. The van der Waals surface area contributed by atoms with Gasteiger partial charge in [0.2, 0.25) is 0 Å². The predicted molar refractivity (Wildman–Crippen MR) is 82.9 cm³/mol. The van der Waals surface area contributed by atoms with Crippen molar-refractivity contribution in [3.63, 3.8) is 0 Å². The molecule has 0 aromatic carbocycles. The summed E-state index contributed by atoms with van der Waals surface area (Å²) in [7, 11) is 0. The van der Waals surface area contributed by atoms with Gasteiger partial charge in [-0.3, -0.25) is 0 Å². The first kappa shape index (κ1) is 17.8. The van der Waals surface area contributed by atoms with Gasteiger partial charge in [-0.25, -0.2) is 4.79 Å². The number of nitrogens with zero attached hydrogens (tertiary/aromatic N) is 2. The van der Waals surface area contributed by atoms with Crippen LogP contribution in [-0.2, 0) is 9.63 Å². The van der Waals surface area contributed by atoms with E-state index in [1.54, 1.807) is 12.1 Å². The van der Waals surface area contributed by atoms with Crippen LogP contribution in [0.4, 0.5) is 27.0 Å². The Morgan fingerprint density at radius 1 is 1.12 bits per heavy atom. The van der Waals surface area contributed by atoms with Crippen molar-refractivity contribution in [3.05, 3.63) is 22.6 Å². The molecule has 136 valence electrons. The lowest BCUT2D eigenvalue weighted by atomic mass is 10.0. The fourth-order valence-electron chi connectivity index (χ4n) is 2.62. The van der Waals surface area contributed by atoms with Crippen molar-refractivity contribution in [3.8, 4) is 0 Å². The van der Waals surface area contributed by atoms with Crippen LogP contribution in [0.3, 0.4) is 0 Å². The van der Waals surface area contributed by atoms with Crippen molar-refractivity contribution in [1.82, 2.24) is 0 Å². The highest BCUT2D eigenvalue weighted by Gasteiger charge is 2.64. The Morgan fingerprint density at radius 3 is 2.44 bits per heavy atom. The molecule has 0 radical (unpaired) electrons. The van der Waals surface area contributed by atoms with Crippen molar-refractivity contribution in [2.75, 3.05) is 18.0 Å². The van der Waals surface area contributed by atoms with E-state index in [0.29, 0.717) is 4.88 Å². The quantitative estimate of drug-likeness (QED) is 0.448. The summed E-state index contributed by atoms with van der Waals surface area (Å²) in [5, 5.41) is 3.53. The summed E-state index contributed by atoms with van der Waals surface area (Å²) in [6.07, 6.45) is -1.69. The second kappa shape index (κ2) is 6.40. The minimum absolute atomic E-state index is 0.375.